The molecule has 20 heavy (non-hydrogen) atoms. The minimum Gasteiger partial charge on any atom is -0.316 e. The minimum absolute atomic E-state index is 0.528. The van der Waals surface area contributed by atoms with E-state index in [1.807, 2.05) is 0 Å². The van der Waals surface area contributed by atoms with Crippen LogP contribution in [0.5, 0.6) is 0 Å². The lowest BCUT2D eigenvalue weighted by atomic mass is 9.69. The second kappa shape index (κ2) is 10.7. The number of rotatable bonds is 12. The van der Waals surface area contributed by atoms with E-state index < -0.39 is 0 Å². The monoisotopic (exact) mass is 283 g/mol. The maximum absolute atomic E-state index is 3.70. The largest absolute Gasteiger partial charge is 0.316 e. The molecule has 0 saturated heterocycles. The molecule has 0 aliphatic carbocycles. The van der Waals surface area contributed by atoms with Gasteiger partial charge < -0.3 is 5.32 Å². The first-order chi connectivity index (χ1) is 9.41. The summed E-state index contributed by atoms with van der Waals surface area (Å²) in [5.41, 5.74) is 0.528. The molecule has 0 heterocycles. The van der Waals surface area contributed by atoms with Gasteiger partial charge in [-0.1, -0.05) is 80.6 Å². The summed E-state index contributed by atoms with van der Waals surface area (Å²) in [7, 11) is 0. The van der Waals surface area contributed by atoms with E-state index in [1.54, 1.807) is 0 Å². The van der Waals surface area contributed by atoms with Crippen molar-refractivity contribution >= 4 is 0 Å². The summed E-state index contributed by atoms with van der Waals surface area (Å²) >= 11 is 0. The second-order valence-corrected chi connectivity index (χ2v) is 7.46. The molecule has 0 bridgehead atoms. The van der Waals surface area contributed by atoms with E-state index in [1.165, 1.54) is 51.6 Å². The van der Waals surface area contributed by atoms with Crippen LogP contribution in [0.1, 0.15) is 87.0 Å². The first-order valence-electron chi connectivity index (χ1n) is 9.11. The van der Waals surface area contributed by atoms with Gasteiger partial charge in [0.05, 0.1) is 0 Å². The van der Waals surface area contributed by atoms with Gasteiger partial charge in [-0.15, -0.1) is 0 Å². The Kier molecular flexibility index (Phi) is 10.6. The second-order valence-electron chi connectivity index (χ2n) is 7.46. The van der Waals surface area contributed by atoms with Crippen LogP contribution in [0.2, 0.25) is 0 Å². The van der Waals surface area contributed by atoms with Crippen molar-refractivity contribution < 1.29 is 0 Å². The van der Waals surface area contributed by atoms with Gasteiger partial charge in [-0.05, 0) is 42.7 Å². The lowest BCUT2D eigenvalue weighted by molar-refractivity contribution is 0.137. The smallest absolute Gasteiger partial charge is 0.00207 e. The highest BCUT2D eigenvalue weighted by Crippen LogP contribution is 2.40. The van der Waals surface area contributed by atoms with Crippen molar-refractivity contribution in [2.45, 2.75) is 87.0 Å². The Balaban J connectivity index is 4.27. The van der Waals surface area contributed by atoms with Gasteiger partial charge in [0, 0.05) is 0 Å². The third-order valence-electron chi connectivity index (χ3n) is 5.54. The minimum atomic E-state index is 0.528. The van der Waals surface area contributed by atoms with E-state index in [9.17, 15) is 0 Å². The average Bonchev–Trinajstić information content (AvgIpc) is 2.42. The molecular formula is C19H41N. The summed E-state index contributed by atoms with van der Waals surface area (Å²) in [6, 6.07) is 0. The number of hydrogen-bond donors (Lipinski definition) is 1. The van der Waals surface area contributed by atoms with Crippen LogP contribution in [0.3, 0.4) is 0 Å². The predicted octanol–water partition coefficient (Wildman–Crippen LogP) is 5.89. The molecule has 1 heteroatoms. The molecule has 1 N–H and O–H groups in total. The molecule has 2 unspecified atom stereocenters. The summed E-state index contributed by atoms with van der Waals surface area (Å²) in [5.74, 6) is 2.48. The molecular weight excluding hydrogens is 242 g/mol. The standard InChI is InChI=1S/C19H41N/c1-8-11-18(12-9-2)19(7,10-3)13-14-20-15-17(6)16(4)5/h16-18,20H,8-15H2,1-7H3. The highest BCUT2D eigenvalue weighted by molar-refractivity contribution is 4.82. The average molecular weight is 284 g/mol. The molecule has 0 aromatic heterocycles. The van der Waals surface area contributed by atoms with Crippen LogP contribution in [0.25, 0.3) is 0 Å². The van der Waals surface area contributed by atoms with E-state index in [4.69, 9.17) is 0 Å². The lowest BCUT2D eigenvalue weighted by Gasteiger charge is -2.38. The molecule has 0 spiro atoms. The molecule has 0 amide bonds. The summed E-state index contributed by atoms with van der Waals surface area (Å²) in [5, 5.41) is 3.70. The molecule has 2 atom stereocenters. The van der Waals surface area contributed by atoms with Gasteiger partial charge in [-0.25, -0.2) is 0 Å². The van der Waals surface area contributed by atoms with Crippen LogP contribution in [0.15, 0.2) is 0 Å². The quantitative estimate of drug-likeness (QED) is 0.440. The van der Waals surface area contributed by atoms with Crippen molar-refractivity contribution in [2.75, 3.05) is 13.1 Å². The van der Waals surface area contributed by atoms with Gasteiger partial charge in [0.25, 0.3) is 0 Å². The van der Waals surface area contributed by atoms with E-state index >= 15 is 0 Å². The zero-order valence-electron chi connectivity index (χ0n) is 15.4. The van der Waals surface area contributed by atoms with Gasteiger partial charge in [-0.3, -0.25) is 0 Å². The number of hydrogen-bond acceptors (Lipinski definition) is 1. The zero-order chi connectivity index (χ0) is 15.6. The van der Waals surface area contributed by atoms with E-state index in [0.717, 1.165) is 17.8 Å². The first kappa shape index (κ1) is 20.0. The molecule has 0 aliphatic rings. The van der Waals surface area contributed by atoms with E-state index in [2.05, 4.69) is 53.8 Å². The summed E-state index contributed by atoms with van der Waals surface area (Å²) in [6.45, 7) is 18.9. The summed E-state index contributed by atoms with van der Waals surface area (Å²) in [4.78, 5) is 0. The molecule has 0 aromatic carbocycles. The van der Waals surface area contributed by atoms with E-state index in [0.29, 0.717) is 5.41 Å². The fourth-order valence-electron chi connectivity index (χ4n) is 3.15. The normalized spacial score (nSPS) is 16.6. The Morgan fingerprint density at radius 3 is 1.90 bits per heavy atom. The van der Waals surface area contributed by atoms with Gasteiger partial charge in [-0.2, -0.15) is 0 Å². The van der Waals surface area contributed by atoms with Crippen molar-refractivity contribution in [2.24, 2.45) is 23.2 Å². The van der Waals surface area contributed by atoms with Crippen molar-refractivity contribution in [3.63, 3.8) is 0 Å². The van der Waals surface area contributed by atoms with E-state index in [-0.39, 0.29) is 0 Å². The highest BCUT2D eigenvalue weighted by Gasteiger charge is 2.30. The lowest BCUT2D eigenvalue weighted by Crippen LogP contribution is -2.33. The summed E-state index contributed by atoms with van der Waals surface area (Å²) < 4.78 is 0. The molecule has 0 rings (SSSR count). The van der Waals surface area contributed by atoms with Crippen LogP contribution < -0.4 is 5.32 Å². The third kappa shape index (κ3) is 7.11. The predicted molar refractivity (Wildman–Crippen MR) is 93.2 cm³/mol. The van der Waals surface area contributed by atoms with Crippen LogP contribution in [-0.2, 0) is 0 Å². The van der Waals surface area contributed by atoms with Crippen molar-refractivity contribution in [1.29, 1.82) is 0 Å². The fraction of sp³-hybridized carbons (Fsp3) is 1.00. The Morgan fingerprint density at radius 2 is 1.50 bits per heavy atom. The molecule has 0 aromatic rings. The Labute approximate surface area is 129 Å². The van der Waals surface area contributed by atoms with Crippen LogP contribution >= 0.6 is 0 Å². The zero-order valence-corrected chi connectivity index (χ0v) is 15.4. The first-order valence-corrected chi connectivity index (χ1v) is 9.11. The van der Waals surface area contributed by atoms with Crippen LogP contribution in [-0.4, -0.2) is 13.1 Å². The molecule has 0 aliphatic heterocycles. The maximum atomic E-state index is 3.70. The van der Waals surface area contributed by atoms with Gasteiger partial charge in [0.2, 0.25) is 0 Å². The molecule has 0 saturated carbocycles. The van der Waals surface area contributed by atoms with Crippen molar-refractivity contribution in [1.82, 2.24) is 5.32 Å². The van der Waals surface area contributed by atoms with Gasteiger partial charge in [0.1, 0.15) is 0 Å². The Morgan fingerprint density at radius 1 is 0.950 bits per heavy atom. The Hall–Kier alpha value is -0.0400. The number of nitrogens with one attached hydrogen (secondary N) is 1. The highest BCUT2D eigenvalue weighted by atomic mass is 14.9. The Bertz CT molecular complexity index is 218. The summed E-state index contributed by atoms with van der Waals surface area (Å²) in [6.07, 6.45) is 8.12. The maximum Gasteiger partial charge on any atom is -0.00207 e. The van der Waals surface area contributed by atoms with Crippen molar-refractivity contribution in [3.05, 3.63) is 0 Å². The molecule has 1 nitrogen and oxygen atoms in total. The van der Waals surface area contributed by atoms with Gasteiger partial charge in [0.15, 0.2) is 0 Å². The van der Waals surface area contributed by atoms with Crippen LogP contribution in [0, 0.1) is 23.2 Å². The van der Waals surface area contributed by atoms with Gasteiger partial charge >= 0.3 is 0 Å². The topological polar surface area (TPSA) is 12.0 Å². The molecule has 0 radical (unpaired) electrons. The van der Waals surface area contributed by atoms with Crippen LogP contribution in [0.4, 0.5) is 0 Å². The third-order valence-corrected chi connectivity index (χ3v) is 5.54. The molecule has 122 valence electrons. The molecule has 0 fully saturated rings. The van der Waals surface area contributed by atoms with Crippen molar-refractivity contribution in [3.8, 4) is 0 Å². The SMILES string of the molecule is CCCC(CCC)C(C)(CC)CCNCC(C)C(C)C. The fourth-order valence-corrected chi connectivity index (χ4v) is 3.15.